The minimum absolute atomic E-state index is 0.847. The summed E-state index contributed by atoms with van der Waals surface area (Å²) in [6, 6.07) is 2.12. The normalized spacial score (nSPS) is 16.2. The topological polar surface area (TPSA) is 28.4 Å². The molecule has 0 bridgehead atoms. The first-order chi connectivity index (χ1) is 8.83. The van der Waals surface area contributed by atoms with Crippen LogP contribution in [0.15, 0.2) is 16.7 Å². The highest BCUT2D eigenvalue weighted by molar-refractivity contribution is 5.16. The number of hydrogen-bond donors (Lipinski definition) is 1. The van der Waals surface area contributed by atoms with Crippen LogP contribution in [-0.4, -0.2) is 24.5 Å². The number of nitrogens with one attached hydrogen (secondary N) is 1. The van der Waals surface area contributed by atoms with Gasteiger partial charge in [0.25, 0.3) is 0 Å². The van der Waals surface area contributed by atoms with Crippen LogP contribution in [0.5, 0.6) is 0 Å². The minimum Gasteiger partial charge on any atom is -0.468 e. The van der Waals surface area contributed by atoms with E-state index in [1.807, 2.05) is 6.26 Å². The summed E-state index contributed by atoms with van der Waals surface area (Å²) in [4.78, 5) is 2.55. The molecule has 1 N–H and O–H groups in total. The van der Waals surface area contributed by atoms with Crippen molar-refractivity contribution in [1.82, 2.24) is 10.2 Å². The van der Waals surface area contributed by atoms with E-state index in [9.17, 15) is 0 Å². The van der Waals surface area contributed by atoms with Crippen LogP contribution in [0.4, 0.5) is 0 Å². The fourth-order valence-corrected chi connectivity index (χ4v) is 2.49. The average Bonchev–Trinajstić information content (AvgIpc) is 2.76. The molecule has 0 saturated heterocycles. The highest BCUT2D eigenvalue weighted by Crippen LogP contribution is 2.27. The van der Waals surface area contributed by atoms with Gasteiger partial charge in [-0.15, -0.1) is 0 Å². The maximum Gasteiger partial charge on any atom is 0.122 e. The molecule has 0 atom stereocenters. The van der Waals surface area contributed by atoms with E-state index in [-0.39, 0.29) is 0 Å². The van der Waals surface area contributed by atoms with Crippen molar-refractivity contribution < 1.29 is 4.42 Å². The Balaban J connectivity index is 1.87. The largest absolute Gasteiger partial charge is 0.468 e. The molecule has 3 nitrogen and oxygen atoms in total. The van der Waals surface area contributed by atoms with Crippen LogP contribution in [0.3, 0.4) is 0 Å². The Kier molecular flexibility index (Phi) is 5.26. The number of rotatable bonds is 8. The standard InChI is InChI=1S/C15H26N2O/c1-3-16-10-15-14(8-9-18-15)12-17(4-2)11-13-6-5-7-13/h8-9,13,16H,3-7,10-12H2,1-2H3. The molecule has 0 spiro atoms. The summed E-state index contributed by atoms with van der Waals surface area (Å²) in [5.41, 5.74) is 1.34. The van der Waals surface area contributed by atoms with E-state index < -0.39 is 0 Å². The Labute approximate surface area is 111 Å². The zero-order valence-corrected chi connectivity index (χ0v) is 11.7. The predicted octanol–water partition coefficient (Wildman–Crippen LogP) is 3.01. The van der Waals surface area contributed by atoms with Gasteiger partial charge in [-0.3, -0.25) is 4.90 Å². The molecule has 18 heavy (non-hydrogen) atoms. The van der Waals surface area contributed by atoms with E-state index in [2.05, 4.69) is 30.1 Å². The van der Waals surface area contributed by atoms with E-state index in [4.69, 9.17) is 4.42 Å². The van der Waals surface area contributed by atoms with Gasteiger partial charge in [0.2, 0.25) is 0 Å². The molecule has 1 aliphatic rings. The second-order valence-electron chi connectivity index (χ2n) is 5.27. The highest BCUT2D eigenvalue weighted by Gasteiger charge is 2.20. The fourth-order valence-electron chi connectivity index (χ4n) is 2.49. The van der Waals surface area contributed by atoms with Crippen LogP contribution in [-0.2, 0) is 13.1 Å². The summed E-state index contributed by atoms with van der Waals surface area (Å²) >= 11 is 0. The number of furan rings is 1. The maximum absolute atomic E-state index is 5.57. The third kappa shape index (κ3) is 3.59. The minimum atomic E-state index is 0.847. The van der Waals surface area contributed by atoms with Crippen molar-refractivity contribution in [3.05, 3.63) is 23.7 Å². The quantitative estimate of drug-likeness (QED) is 0.769. The molecule has 1 aromatic heterocycles. The molecule has 1 fully saturated rings. The zero-order chi connectivity index (χ0) is 12.8. The molecule has 102 valence electrons. The van der Waals surface area contributed by atoms with Gasteiger partial charge in [0.15, 0.2) is 0 Å². The number of hydrogen-bond acceptors (Lipinski definition) is 3. The van der Waals surface area contributed by atoms with E-state index in [0.717, 1.165) is 37.9 Å². The van der Waals surface area contributed by atoms with Crippen LogP contribution in [0.2, 0.25) is 0 Å². The van der Waals surface area contributed by atoms with Gasteiger partial charge in [-0.1, -0.05) is 20.3 Å². The second-order valence-corrected chi connectivity index (χ2v) is 5.27. The summed E-state index contributed by atoms with van der Waals surface area (Å²) in [7, 11) is 0. The van der Waals surface area contributed by atoms with Gasteiger partial charge in [-0.2, -0.15) is 0 Å². The van der Waals surface area contributed by atoms with E-state index >= 15 is 0 Å². The maximum atomic E-state index is 5.57. The van der Waals surface area contributed by atoms with Gasteiger partial charge in [0.1, 0.15) is 5.76 Å². The van der Waals surface area contributed by atoms with Gasteiger partial charge >= 0.3 is 0 Å². The van der Waals surface area contributed by atoms with E-state index in [0.29, 0.717) is 0 Å². The molecule has 1 saturated carbocycles. The lowest BCUT2D eigenvalue weighted by Crippen LogP contribution is -2.32. The highest BCUT2D eigenvalue weighted by atomic mass is 16.3. The molecule has 0 amide bonds. The molecule has 0 unspecified atom stereocenters. The molecular formula is C15H26N2O. The van der Waals surface area contributed by atoms with Crippen molar-refractivity contribution >= 4 is 0 Å². The number of nitrogens with zero attached hydrogens (tertiary/aromatic N) is 1. The Morgan fingerprint density at radius 3 is 2.83 bits per heavy atom. The molecular weight excluding hydrogens is 224 g/mol. The Bertz CT molecular complexity index is 344. The summed E-state index contributed by atoms with van der Waals surface area (Å²) in [5, 5.41) is 3.33. The van der Waals surface area contributed by atoms with Crippen LogP contribution in [0.25, 0.3) is 0 Å². The molecule has 0 radical (unpaired) electrons. The van der Waals surface area contributed by atoms with Crippen LogP contribution in [0.1, 0.15) is 44.4 Å². The fraction of sp³-hybridized carbons (Fsp3) is 0.733. The van der Waals surface area contributed by atoms with Gasteiger partial charge in [0, 0.05) is 18.7 Å². The van der Waals surface area contributed by atoms with Gasteiger partial charge in [-0.05, 0) is 37.9 Å². The summed E-state index contributed by atoms with van der Waals surface area (Å²) in [5.74, 6) is 2.04. The predicted molar refractivity (Wildman–Crippen MR) is 74.4 cm³/mol. The molecule has 1 heterocycles. The Morgan fingerprint density at radius 2 is 2.22 bits per heavy atom. The molecule has 0 aromatic carbocycles. The smallest absolute Gasteiger partial charge is 0.122 e. The lowest BCUT2D eigenvalue weighted by Gasteiger charge is -2.31. The van der Waals surface area contributed by atoms with Crippen molar-refractivity contribution in [3.63, 3.8) is 0 Å². The first-order valence-electron chi connectivity index (χ1n) is 7.31. The van der Waals surface area contributed by atoms with E-state index in [1.165, 1.54) is 31.4 Å². The lowest BCUT2D eigenvalue weighted by atomic mass is 9.85. The van der Waals surface area contributed by atoms with Crippen molar-refractivity contribution in [2.24, 2.45) is 5.92 Å². The van der Waals surface area contributed by atoms with Crippen molar-refractivity contribution in [2.45, 2.75) is 46.2 Å². The third-order valence-electron chi connectivity index (χ3n) is 3.96. The average molecular weight is 250 g/mol. The molecule has 3 heteroatoms. The molecule has 1 aromatic rings. The second kappa shape index (κ2) is 6.95. The SMILES string of the molecule is CCNCc1occc1CN(CC)CC1CCC1. The monoisotopic (exact) mass is 250 g/mol. The molecule has 1 aliphatic carbocycles. The molecule has 0 aliphatic heterocycles. The van der Waals surface area contributed by atoms with Gasteiger partial charge < -0.3 is 9.73 Å². The Hall–Kier alpha value is -0.800. The van der Waals surface area contributed by atoms with Gasteiger partial charge in [0.05, 0.1) is 12.8 Å². The van der Waals surface area contributed by atoms with Crippen molar-refractivity contribution in [2.75, 3.05) is 19.6 Å². The van der Waals surface area contributed by atoms with E-state index in [1.54, 1.807) is 0 Å². The van der Waals surface area contributed by atoms with Crippen molar-refractivity contribution in [3.8, 4) is 0 Å². The van der Waals surface area contributed by atoms with Crippen LogP contribution in [0, 0.1) is 5.92 Å². The zero-order valence-electron chi connectivity index (χ0n) is 11.7. The third-order valence-corrected chi connectivity index (χ3v) is 3.96. The lowest BCUT2D eigenvalue weighted by molar-refractivity contribution is 0.177. The first kappa shape index (κ1) is 13.6. The summed E-state index contributed by atoms with van der Waals surface area (Å²) < 4.78 is 5.57. The van der Waals surface area contributed by atoms with Crippen molar-refractivity contribution in [1.29, 1.82) is 0 Å². The summed E-state index contributed by atoms with van der Waals surface area (Å²) in [6.07, 6.45) is 6.09. The first-order valence-corrected chi connectivity index (χ1v) is 7.31. The molecule has 2 rings (SSSR count). The Morgan fingerprint density at radius 1 is 1.39 bits per heavy atom. The van der Waals surface area contributed by atoms with Gasteiger partial charge in [-0.25, -0.2) is 0 Å². The van der Waals surface area contributed by atoms with Crippen LogP contribution >= 0.6 is 0 Å². The van der Waals surface area contributed by atoms with Crippen LogP contribution < -0.4 is 5.32 Å². The summed E-state index contributed by atoms with van der Waals surface area (Å²) in [6.45, 7) is 9.62.